The van der Waals surface area contributed by atoms with Crippen LogP contribution in [0.2, 0.25) is 0 Å². The Bertz CT molecular complexity index is 778. The van der Waals surface area contributed by atoms with Gasteiger partial charge in [-0.15, -0.1) is 0 Å². The number of rotatable bonds is 5. The van der Waals surface area contributed by atoms with Crippen molar-refractivity contribution in [2.75, 3.05) is 31.2 Å². The Balaban J connectivity index is 1.47. The molecule has 0 radical (unpaired) electrons. The zero-order valence-corrected chi connectivity index (χ0v) is 15.7. The Morgan fingerprint density at radius 2 is 1.81 bits per heavy atom. The molecule has 2 atom stereocenters. The van der Waals surface area contributed by atoms with E-state index in [1.807, 2.05) is 6.07 Å². The number of morpholine rings is 1. The van der Waals surface area contributed by atoms with Gasteiger partial charge in [0.15, 0.2) is 0 Å². The van der Waals surface area contributed by atoms with Crippen LogP contribution in [0, 0.1) is 11.3 Å². The Kier molecular flexibility index (Phi) is 4.58. The molecule has 0 N–H and O–H groups in total. The highest BCUT2D eigenvalue weighted by molar-refractivity contribution is 5.88. The van der Waals surface area contributed by atoms with Gasteiger partial charge in [0.25, 0.3) is 0 Å². The van der Waals surface area contributed by atoms with E-state index in [2.05, 4.69) is 67.3 Å². The van der Waals surface area contributed by atoms with Crippen LogP contribution in [0.4, 0.5) is 5.69 Å². The molecule has 0 spiro atoms. The molecule has 0 unspecified atom stereocenters. The van der Waals surface area contributed by atoms with Crippen molar-refractivity contribution in [3.8, 4) is 0 Å². The topological polar surface area (TPSA) is 29.5 Å². The summed E-state index contributed by atoms with van der Waals surface area (Å²) in [6.07, 6.45) is 0.523. The van der Waals surface area contributed by atoms with Gasteiger partial charge in [-0.2, -0.15) is 0 Å². The molecule has 1 aliphatic heterocycles. The molecule has 0 amide bonds. The number of hydrogen-bond acceptors (Lipinski definition) is 3. The Hall–Kier alpha value is -2.13. The third-order valence-corrected chi connectivity index (χ3v) is 6.00. The van der Waals surface area contributed by atoms with Gasteiger partial charge >= 0.3 is 0 Å². The number of hydrogen-bond donors (Lipinski definition) is 0. The molecule has 3 heteroatoms. The van der Waals surface area contributed by atoms with E-state index in [4.69, 9.17) is 4.74 Å². The van der Waals surface area contributed by atoms with Crippen LogP contribution in [-0.4, -0.2) is 32.1 Å². The number of benzene rings is 2. The van der Waals surface area contributed by atoms with Crippen LogP contribution in [0.3, 0.4) is 0 Å². The Labute approximate surface area is 156 Å². The first kappa shape index (κ1) is 17.3. The van der Waals surface area contributed by atoms with Gasteiger partial charge in [-0.3, -0.25) is 4.79 Å². The second-order valence-corrected chi connectivity index (χ2v) is 8.10. The number of ether oxygens (including phenoxy) is 1. The van der Waals surface area contributed by atoms with Crippen molar-refractivity contribution in [3.63, 3.8) is 0 Å². The highest BCUT2D eigenvalue weighted by atomic mass is 16.5. The monoisotopic (exact) mass is 349 g/mol. The lowest BCUT2D eigenvalue weighted by atomic mass is 10.0. The lowest BCUT2D eigenvalue weighted by Crippen LogP contribution is -2.36. The maximum absolute atomic E-state index is 13.0. The number of anilines is 1. The quantitative estimate of drug-likeness (QED) is 0.815. The fourth-order valence-electron chi connectivity index (χ4n) is 4.52. The molecule has 1 aliphatic carbocycles. The molecule has 3 nitrogen and oxygen atoms in total. The minimum atomic E-state index is 0.0558. The predicted molar refractivity (Wildman–Crippen MR) is 105 cm³/mol. The SMILES string of the molecule is CC1(C)[C@H](C(=O)Cc2cccc(N3CCOCC3)c2)[C@H]1c1ccccc1. The van der Waals surface area contributed by atoms with E-state index in [9.17, 15) is 4.79 Å². The highest BCUT2D eigenvalue weighted by Gasteiger charge is 2.61. The van der Waals surface area contributed by atoms with E-state index in [-0.39, 0.29) is 11.3 Å². The van der Waals surface area contributed by atoms with Crippen LogP contribution in [0.1, 0.15) is 30.9 Å². The number of Topliss-reactive ketones (excluding diaryl/α,β-unsaturated/α-hetero) is 1. The summed E-state index contributed by atoms with van der Waals surface area (Å²) in [5.41, 5.74) is 3.67. The average molecular weight is 349 g/mol. The van der Waals surface area contributed by atoms with Crippen LogP contribution >= 0.6 is 0 Å². The molecule has 4 rings (SSSR count). The standard InChI is InChI=1S/C23H27NO2/c1-23(2)21(18-8-4-3-5-9-18)22(23)20(25)16-17-7-6-10-19(15-17)24-11-13-26-14-12-24/h3-10,15,21-22H,11-14,16H2,1-2H3/t21-,22-/m1/s1. The zero-order chi connectivity index (χ0) is 18.1. The zero-order valence-electron chi connectivity index (χ0n) is 15.7. The van der Waals surface area contributed by atoms with E-state index in [1.54, 1.807) is 0 Å². The fourth-order valence-corrected chi connectivity index (χ4v) is 4.52. The normalized spacial score (nSPS) is 24.3. The maximum Gasteiger partial charge on any atom is 0.141 e. The number of ketones is 1. The third kappa shape index (κ3) is 3.28. The van der Waals surface area contributed by atoms with Gasteiger partial charge in [0.2, 0.25) is 0 Å². The summed E-state index contributed by atoms with van der Waals surface area (Å²) in [5.74, 6) is 0.832. The second kappa shape index (κ2) is 6.88. The summed E-state index contributed by atoms with van der Waals surface area (Å²) in [6.45, 7) is 7.83. The number of nitrogens with zero attached hydrogens (tertiary/aromatic N) is 1. The van der Waals surface area contributed by atoms with Gasteiger partial charge < -0.3 is 9.64 Å². The van der Waals surface area contributed by atoms with Crippen LogP contribution in [0.25, 0.3) is 0 Å². The molecule has 1 saturated heterocycles. The first-order chi connectivity index (χ1) is 12.6. The summed E-state index contributed by atoms with van der Waals surface area (Å²) in [7, 11) is 0. The molecule has 0 bridgehead atoms. The molecule has 2 aliphatic rings. The van der Waals surface area contributed by atoms with Crippen LogP contribution in [0.15, 0.2) is 54.6 Å². The molecular formula is C23H27NO2. The van der Waals surface area contributed by atoms with E-state index in [0.29, 0.717) is 18.1 Å². The maximum atomic E-state index is 13.0. The van der Waals surface area contributed by atoms with Crippen LogP contribution in [0.5, 0.6) is 0 Å². The summed E-state index contributed by atoms with van der Waals surface area (Å²) >= 11 is 0. The van der Waals surface area contributed by atoms with Gasteiger partial charge in [-0.25, -0.2) is 0 Å². The largest absolute Gasteiger partial charge is 0.378 e. The first-order valence-corrected chi connectivity index (χ1v) is 9.56. The molecule has 2 aromatic rings. The molecule has 0 aromatic heterocycles. The minimum Gasteiger partial charge on any atom is -0.378 e. The van der Waals surface area contributed by atoms with Crippen molar-refractivity contribution in [2.45, 2.75) is 26.2 Å². The van der Waals surface area contributed by atoms with E-state index in [1.165, 1.54) is 11.3 Å². The van der Waals surface area contributed by atoms with E-state index in [0.717, 1.165) is 31.9 Å². The lowest BCUT2D eigenvalue weighted by Gasteiger charge is -2.29. The first-order valence-electron chi connectivity index (χ1n) is 9.56. The molecule has 26 heavy (non-hydrogen) atoms. The lowest BCUT2D eigenvalue weighted by molar-refractivity contribution is -0.120. The molecule has 2 aromatic carbocycles. The summed E-state index contributed by atoms with van der Waals surface area (Å²) in [4.78, 5) is 15.4. The van der Waals surface area contributed by atoms with Crippen LogP contribution in [-0.2, 0) is 16.0 Å². The molecule has 1 saturated carbocycles. The summed E-state index contributed by atoms with van der Waals surface area (Å²) < 4.78 is 5.44. The van der Waals surface area contributed by atoms with Crippen LogP contribution < -0.4 is 4.90 Å². The Morgan fingerprint density at radius 1 is 1.08 bits per heavy atom. The van der Waals surface area contributed by atoms with Crippen molar-refractivity contribution < 1.29 is 9.53 Å². The predicted octanol–water partition coefficient (Wildman–Crippen LogP) is 4.07. The summed E-state index contributed by atoms with van der Waals surface area (Å²) in [6, 6.07) is 18.9. The van der Waals surface area contributed by atoms with Gasteiger partial charge in [0.1, 0.15) is 5.78 Å². The fraction of sp³-hybridized carbons (Fsp3) is 0.435. The van der Waals surface area contributed by atoms with Gasteiger partial charge in [-0.1, -0.05) is 56.3 Å². The molecule has 1 heterocycles. The van der Waals surface area contributed by atoms with Crippen molar-refractivity contribution >= 4 is 11.5 Å². The smallest absolute Gasteiger partial charge is 0.141 e. The highest BCUT2D eigenvalue weighted by Crippen LogP contribution is 2.64. The molecule has 2 fully saturated rings. The summed E-state index contributed by atoms with van der Waals surface area (Å²) in [5, 5.41) is 0. The van der Waals surface area contributed by atoms with E-state index >= 15 is 0 Å². The average Bonchev–Trinajstić information content (AvgIpc) is 3.26. The van der Waals surface area contributed by atoms with Crippen molar-refractivity contribution in [3.05, 3.63) is 65.7 Å². The number of carbonyl (C=O) groups excluding carboxylic acids is 1. The number of carbonyl (C=O) groups is 1. The minimum absolute atomic E-state index is 0.0558. The Morgan fingerprint density at radius 3 is 2.54 bits per heavy atom. The molecular weight excluding hydrogens is 322 g/mol. The van der Waals surface area contributed by atoms with Gasteiger partial charge in [0.05, 0.1) is 13.2 Å². The second-order valence-electron chi connectivity index (χ2n) is 8.10. The van der Waals surface area contributed by atoms with E-state index < -0.39 is 0 Å². The van der Waals surface area contributed by atoms with Crippen molar-refractivity contribution in [1.82, 2.24) is 0 Å². The van der Waals surface area contributed by atoms with Gasteiger partial charge in [0, 0.05) is 31.1 Å². The van der Waals surface area contributed by atoms with Crippen molar-refractivity contribution in [1.29, 1.82) is 0 Å². The molecule has 136 valence electrons. The third-order valence-electron chi connectivity index (χ3n) is 6.00. The van der Waals surface area contributed by atoms with Gasteiger partial charge in [-0.05, 0) is 34.6 Å². The van der Waals surface area contributed by atoms with Crippen molar-refractivity contribution in [2.24, 2.45) is 11.3 Å².